The quantitative estimate of drug-likeness (QED) is 0.760. The molecular weight excluding hydrogens is 254 g/mol. The molecule has 3 nitrogen and oxygen atoms in total. The fourth-order valence-corrected chi connectivity index (χ4v) is 3.25. The van der Waals surface area contributed by atoms with E-state index in [9.17, 15) is 0 Å². The third-order valence-corrected chi connectivity index (χ3v) is 4.60. The molecule has 1 aliphatic rings. The second-order valence-corrected chi connectivity index (χ2v) is 6.13. The minimum Gasteiger partial charge on any atom is -0.340 e. The number of nitrogens with zero attached hydrogens (tertiary/aromatic N) is 1. The van der Waals surface area contributed by atoms with Gasteiger partial charge in [0.05, 0.1) is 23.3 Å². The van der Waals surface area contributed by atoms with E-state index in [-0.39, 0.29) is 0 Å². The predicted octanol–water partition coefficient (Wildman–Crippen LogP) is 3.54. The fraction of sp³-hybridized carbons (Fsp3) is 0.267. The summed E-state index contributed by atoms with van der Waals surface area (Å²) in [5, 5.41) is 4.77. The van der Waals surface area contributed by atoms with Crippen molar-refractivity contribution in [1.29, 1.82) is 0 Å². The maximum Gasteiger partial charge on any atom is 0.120 e. The van der Waals surface area contributed by atoms with Gasteiger partial charge in [0.1, 0.15) is 5.82 Å². The summed E-state index contributed by atoms with van der Waals surface area (Å²) in [5.41, 5.74) is 1.12. The van der Waals surface area contributed by atoms with Crippen LogP contribution in [-0.4, -0.2) is 16.0 Å². The van der Waals surface area contributed by atoms with E-state index in [1.165, 1.54) is 27.8 Å². The molecule has 4 heteroatoms. The van der Waals surface area contributed by atoms with Gasteiger partial charge in [-0.25, -0.2) is 4.98 Å². The Balaban J connectivity index is 1.60. The van der Waals surface area contributed by atoms with E-state index in [4.69, 9.17) is 0 Å². The molecule has 0 spiro atoms. The molecule has 1 saturated carbocycles. The highest BCUT2D eigenvalue weighted by atomic mass is 32.1. The van der Waals surface area contributed by atoms with E-state index in [2.05, 4.69) is 45.6 Å². The van der Waals surface area contributed by atoms with Gasteiger partial charge in [0, 0.05) is 10.7 Å². The van der Waals surface area contributed by atoms with Crippen molar-refractivity contribution < 1.29 is 0 Å². The molecule has 4 rings (SSSR count). The van der Waals surface area contributed by atoms with Gasteiger partial charge in [-0.3, -0.25) is 0 Å². The van der Waals surface area contributed by atoms with E-state index in [1.54, 1.807) is 0 Å². The van der Waals surface area contributed by atoms with Gasteiger partial charge in [-0.2, -0.15) is 0 Å². The molecule has 2 heterocycles. The highest BCUT2D eigenvalue weighted by Gasteiger charge is 2.20. The third kappa shape index (κ3) is 2.29. The molecule has 0 aliphatic heterocycles. The van der Waals surface area contributed by atoms with Crippen LogP contribution in [-0.2, 0) is 6.54 Å². The summed E-state index contributed by atoms with van der Waals surface area (Å²) in [6.07, 6.45) is 4.56. The second kappa shape index (κ2) is 4.47. The number of aromatic amines is 1. The number of hydrogen-bond donors (Lipinski definition) is 2. The van der Waals surface area contributed by atoms with E-state index >= 15 is 0 Å². The molecule has 3 aromatic rings. The molecule has 19 heavy (non-hydrogen) atoms. The van der Waals surface area contributed by atoms with Crippen LogP contribution in [0.3, 0.4) is 0 Å². The lowest BCUT2D eigenvalue weighted by atomic mass is 10.2. The average molecular weight is 269 g/mol. The summed E-state index contributed by atoms with van der Waals surface area (Å²) in [7, 11) is 0. The van der Waals surface area contributed by atoms with Gasteiger partial charge in [0.15, 0.2) is 0 Å². The first kappa shape index (κ1) is 11.2. The molecule has 0 atom stereocenters. The normalized spacial score (nSPS) is 15.2. The average Bonchev–Trinajstić information content (AvgIpc) is 2.99. The maximum atomic E-state index is 4.45. The molecule has 1 aliphatic carbocycles. The zero-order chi connectivity index (χ0) is 12.7. The largest absolute Gasteiger partial charge is 0.340 e. The minimum absolute atomic E-state index is 0.720. The van der Waals surface area contributed by atoms with Gasteiger partial charge in [0.25, 0.3) is 0 Å². The van der Waals surface area contributed by atoms with Crippen LogP contribution in [0.2, 0.25) is 0 Å². The zero-order valence-electron chi connectivity index (χ0n) is 10.5. The molecule has 2 aromatic heterocycles. The first-order chi connectivity index (χ1) is 9.38. The van der Waals surface area contributed by atoms with Gasteiger partial charge in [-0.1, -0.05) is 18.2 Å². The van der Waals surface area contributed by atoms with Gasteiger partial charge < -0.3 is 10.3 Å². The van der Waals surface area contributed by atoms with E-state index < -0.39 is 0 Å². The number of benzene rings is 1. The van der Waals surface area contributed by atoms with E-state index in [0.29, 0.717) is 0 Å². The maximum absolute atomic E-state index is 4.45. The number of hydrogen-bond acceptors (Lipinski definition) is 3. The van der Waals surface area contributed by atoms with Crippen molar-refractivity contribution in [2.75, 3.05) is 0 Å². The first-order valence-electron chi connectivity index (χ1n) is 6.65. The molecule has 0 unspecified atom stereocenters. The number of imidazole rings is 1. The highest BCUT2D eigenvalue weighted by molar-refractivity contribution is 7.22. The predicted molar refractivity (Wildman–Crippen MR) is 79.3 cm³/mol. The van der Waals surface area contributed by atoms with E-state index in [1.807, 2.05) is 17.5 Å². The van der Waals surface area contributed by atoms with Crippen LogP contribution in [0.1, 0.15) is 18.7 Å². The van der Waals surface area contributed by atoms with Crippen molar-refractivity contribution >= 4 is 21.4 Å². The van der Waals surface area contributed by atoms with Crippen molar-refractivity contribution in [2.45, 2.75) is 25.4 Å². The number of nitrogens with one attached hydrogen (secondary N) is 2. The van der Waals surface area contributed by atoms with Crippen LogP contribution in [0.5, 0.6) is 0 Å². The molecule has 0 saturated heterocycles. The van der Waals surface area contributed by atoms with E-state index in [0.717, 1.165) is 24.1 Å². The number of H-pyrrole nitrogens is 1. The van der Waals surface area contributed by atoms with Crippen LogP contribution < -0.4 is 5.32 Å². The van der Waals surface area contributed by atoms with Crippen LogP contribution in [0.4, 0.5) is 0 Å². The van der Waals surface area contributed by atoms with Crippen LogP contribution >= 0.6 is 11.3 Å². The Labute approximate surface area is 115 Å². The van der Waals surface area contributed by atoms with Crippen molar-refractivity contribution in [1.82, 2.24) is 15.3 Å². The van der Waals surface area contributed by atoms with Crippen molar-refractivity contribution in [2.24, 2.45) is 0 Å². The Morgan fingerprint density at radius 1 is 1.32 bits per heavy atom. The molecular formula is C15H15N3S. The monoisotopic (exact) mass is 269 g/mol. The molecule has 0 bridgehead atoms. The first-order valence-corrected chi connectivity index (χ1v) is 7.46. The number of rotatable bonds is 4. The molecule has 1 aromatic carbocycles. The zero-order valence-corrected chi connectivity index (χ0v) is 11.3. The summed E-state index contributed by atoms with van der Waals surface area (Å²) in [5.74, 6) is 1.03. The lowest BCUT2D eigenvalue weighted by Crippen LogP contribution is -2.16. The van der Waals surface area contributed by atoms with Gasteiger partial charge in [0.2, 0.25) is 0 Å². The summed E-state index contributed by atoms with van der Waals surface area (Å²) in [4.78, 5) is 9.12. The fourth-order valence-electron chi connectivity index (χ4n) is 2.22. The summed E-state index contributed by atoms with van der Waals surface area (Å²) in [6.45, 7) is 0.843. The molecule has 96 valence electrons. The Morgan fingerprint density at radius 2 is 2.21 bits per heavy atom. The van der Waals surface area contributed by atoms with Crippen molar-refractivity contribution in [3.05, 3.63) is 42.4 Å². The molecule has 0 radical (unpaired) electrons. The summed E-state index contributed by atoms with van der Waals surface area (Å²) < 4.78 is 1.32. The van der Waals surface area contributed by atoms with Crippen LogP contribution in [0.25, 0.3) is 20.7 Å². The summed E-state index contributed by atoms with van der Waals surface area (Å²) >= 11 is 1.81. The van der Waals surface area contributed by atoms with Crippen molar-refractivity contribution in [3.8, 4) is 10.6 Å². The van der Waals surface area contributed by atoms with Gasteiger partial charge in [-0.05, 0) is 30.4 Å². The smallest absolute Gasteiger partial charge is 0.120 e. The molecule has 0 amide bonds. The number of fused-ring (bicyclic) bond motifs is 1. The number of aromatic nitrogens is 2. The molecule has 2 N–H and O–H groups in total. The SMILES string of the molecule is c1ccc2sc(-c3cnc(CNC4CC4)[nH]3)cc2c1. The standard InChI is InChI=1S/C15H15N3S/c1-2-4-13-10(3-1)7-14(19-13)12-8-17-15(18-12)9-16-11-5-6-11/h1-4,7-8,11,16H,5-6,9H2,(H,17,18). The number of thiophene rings is 1. The Bertz CT molecular complexity index is 676. The summed E-state index contributed by atoms with van der Waals surface area (Å²) in [6, 6.07) is 11.4. The Morgan fingerprint density at radius 3 is 3.05 bits per heavy atom. The van der Waals surface area contributed by atoms with Crippen LogP contribution in [0, 0.1) is 0 Å². The highest BCUT2D eigenvalue weighted by Crippen LogP contribution is 2.32. The molecule has 1 fully saturated rings. The lowest BCUT2D eigenvalue weighted by Gasteiger charge is -1.97. The van der Waals surface area contributed by atoms with Gasteiger partial charge in [-0.15, -0.1) is 11.3 Å². The van der Waals surface area contributed by atoms with Gasteiger partial charge >= 0.3 is 0 Å². The second-order valence-electron chi connectivity index (χ2n) is 5.05. The van der Waals surface area contributed by atoms with Crippen molar-refractivity contribution in [3.63, 3.8) is 0 Å². The third-order valence-electron chi connectivity index (χ3n) is 3.45. The Hall–Kier alpha value is -1.65. The lowest BCUT2D eigenvalue weighted by molar-refractivity contribution is 0.664. The minimum atomic E-state index is 0.720. The Kier molecular flexibility index (Phi) is 2.64. The van der Waals surface area contributed by atoms with Crippen LogP contribution in [0.15, 0.2) is 36.5 Å². The topological polar surface area (TPSA) is 40.7 Å².